The zero-order valence-corrected chi connectivity index (χ0v) is 14.4. The number of ketones is 1. The number of amides is 1. The Bertz CT molecular complexity index is 765. The fourth-order valence-corrected chi connectivity index (χ4v) is 4.02. The molecule has 0 N–H and O–H groups in total. The molecule has 1 saturated carbocycles. The van der Waals surface area contributed by atoms with Gasteiger partial charge in [-0.3, -0.25) is 9.59 Å². The van der Waals surface area contributed by atoms with Gasteiger partial charge in [0.05, 0.1) is 5.41 Å². The van der Waals surface area contributed by atoms with Gasteiger partial charge in [0.1, 0.15) is 0 Å². The second-order valence-electron chi connectivity index (χ2n) is 7.27. The van der Waals surface area contributed by atoms with Gasteiger partial charge in [-0.25, -0.2) is 0 Å². The lowest BCUT2D eigenvalue weighted by Crippen LogP contribution is -2.46. The van der Waals surface area contributed by atoms with E-state index in [0.717, 1.165) is 43.4 Å². The summed E-state index contributed by atoms with van der Waals surface area (Å²) < 4.78 is 0. The second-order valence-corrected chi connectivity index (χ2v) is 7.27. The van der Waals surface area contributed by atoms with Crippen LogP contribution in [-0.2, 0) is 10.2 Å². The van der Waals surface area contributed by atoms with Crippen LogP contribution in [0.1, 0.15) is 41.6 Å². The zero-order valence-electron chi connectivity index (χ0n) is 14.4. The number of carbonyl (C=O) groups is 2. The molecule has 3 nitrogen and oxygen atoms in total. The number of rotatable bonds is 4. The maximum Gasteiger partial charge on any atom is 0.233 e. The normalized spacial score (nSPS) is 21.6. The van der Waals surface area contributed by atoms with Crippen molar-refractivity contribution in [3.8, 4) is 0 Å². The van der Waals surface area contributed by atoms with E-state index in [1.54, 1.807) is 0 Å². The van der Waals surface area contributed by atoms with Crippen LogP contribution in [0.5, 0.6) is 0 Å². The summed E-state index contributed by atoms with van der Waals surface area (Å²) in [5.74, 6) is 0.304. The third kappa shape index (κ3) is 2.99. The van der Waals surface area contributed by atoms with E-state index in [4.69, 9.17) is 0 Å². The molecule has 2 fully saturated rings. The van der Waals surface area contributed by atoms with Crippen LogP contribution in [0.2, 0.25) is 0 Å². The van der Waals surface area contributed by atoms with Crippen molar-refractivity contribution in [1.29, 1.82) is 0 Å². The number of nitrogens with zero attached hydrogens (tertiary/aromatic N) is 1. The summed E-state index contributed by atoms with van der Waals surface area (Å²) in [4.78, 5) is 27.9. The molecule has 3 heteroatoms. The van der Waals surface area contributed by atoms with Gasteiger partial charge < -0.3 is 4.90 Å². The molecular weight excluding hydrogens is 310 g/mol. The zero-order chi connectivity index (χ0) is 17.3. The van der Waals surface area contributed by atoms with Gasteiger partial charge in [0.2, 0.25) is 5.91 Å². The van der Waals surface area contributed by atoms with Crippen molar-refractivity contribution in [3.63, 3.8) is 0 Å². The molecule has 2 aromatic carbocycles. The first-order chi connectivity index (χ1) is 12.2. The number of hydrogen-bond donors (Lipinski definition) is 0. The van der Waals surface area contributed by atoms with Crippen LogP contribution in [0, 0.1) is 5.92 Å². The van der Waals surface area contributed by atoms with Crippen LogP contribution in [0.15, 0.2) is 60.7 Å². The molecule has 128 valence electrons. The Morgan fingerprint density at radius 2 is 1.56 bits per heavy atom. The number of hydrogen-bond acceptors (Lipinski definition) is 2. The predicted molar refractivity (Wildman–Crippen MR) is 97.4 cm³/mol. The molecule has 2 aromatic rings. The van der Waals surface area contributed by atoms with Crippen molar-refractivity contribution in [3.05, 3.63) is 71.8 Å². The topological polar surface area (TPSA) is 37.4 Å². The van der Waals surface area contributed by atoms with Gasteiger partial charge in [0.15, 0.2) is 5.78 Å². The van der Waals surface area contributed by atoms with Gasteiger partial charge in [-0.05, 0) is 31.2 Å². The number of Topliss-reactive ketones (excluding diaryl/α,β-unsaturated/α-hetero) is 1. The summed E-state index contributed by atoms with van der Waals surface area (Å²) in [7, 11) is 0. The summed E-state index contributed by atoms with van der Waals surface area (Å²) in [6.45, 7) is 1.33. The Balaban J connectivity index is 1.50. The number of piperidine rings is 1. The van der Waals surface area contributed by atoms with E-state index in [1.165, 1.54) is 0 Å². The van der Waals surface area contributed by atoms with Gasteiger partial charge in [-0.15, -0.1) is 0 Å². The maximum atomic E-state index is 13.2. The van der Waals surface area contributed by atoms with Crippen LogP contribution >= 0.6 is 0 Å². The second kappa shape index (κ2) is 6.47. The van der Waals surface area contributed by atoms with Crippen LogP contribution in [0.25, 0.3) is 0 Å². The Morgan fingerprint density at radius 1 is 0.920 bits per heavy atom. The highest BCUT2D eigenvalue weighted by Gasteiger charge is 2.53. The highest BCUT2D eigenvalue weighted by Crippen LogP contribution is 2.50. The fourth-order valence-electron chi connectivity index (χ4n) is 4.02. The van der Waals surface area contributed by atoms with Crippen molar-refractivity contribution < 1.29 is 9.59 Å². The number of benzene rings is 2. The van der Waals surface area contributed by atoms with E-state index < -0.39 is 0 Å². The standard InChI is InChI=1S/C22H23NO2/c24-20(17-8-3-1-4-9-17)18-10-7-15-23(16-18)21(25)22(13-14-22)19-11-5-2-6-12-19/h1-6,8-9,11-12,18H,7,10,13-16H2/t18-/m0/s1. The third-order valence-electron chi connectivity index (χ3n) is 5.62. The average Bonchev–Trinajstić information content (AvgIpc) is 3.50. The minimum atomic E-state index is -0.334. The molecule has 0 aromatic heterocycles. The molecule has 1 aliphatic carbocycles. The summed E-state index contributed by atoms with van der Waals surface area (Å²) >= 11 is 0. The SMILES string of the molecule is O=C(c1ccccc1)[C@H]1CCCN(C(=O)C2(c3ccccc3)CC2)C1. The third-order valence-corrected chi connectivity index (χ3v) is 5.62. The first kappa shape index (κ1) is 16.1. The summed E-state index contributed by atoms with van der Waals surface area (Å²) in [6, 6.07) is 19.6. The van der Waals surface area contributed by atoms with E-state index in [9.17, 15) is 9.59 Å². The highest BCUT2D eigenvalue weighted by molar-refractivity contribution is 5.98. The molecule has 1 aliphatic heterocycles. The number of likely N-dealkylation sites (tertiary alicyclic amines) is 1. The van der Waals surface area contributed by atoms with E-state index in [2.05, 4.69) is 12.1 Å². The quantitative estimate of drug-likeness (QED) is 0.797. The van der Waals surface area contributed by atoms with E-state index >= 15 is 0 Å². The van der Waals surface area contributed by atoms with Crippen molar-refractivity contribution in [2.45, 2.75) is 31.1 Å². The molecule has 25 heavy (non-hydrogen) atoms. The van der Waals surface area contributed by atoms with Crippen LogP contribution in [-0.4, -0.2) is 29.7 Å². The molecular formula is C22H23NO2. The van der Waals surface area contributed by atoms with Crippen LogP contribution in [0.3, 0.4) is 0 Å². The molecule has 1 heterocycles. The summed E-state index contributed by atoms with van der Waals surface area (Å²) in [5, 5.41) is 0. The molecule has 1 amide bonds. The largest absolute Gasteiger partial charge is 0.341 e. The van der Waals surface area contributed by atoms with Crippen molar-refractivity contribution >= 4 is 11.7 Å². The molecule has 1 saturated heterocycles. The Labute approximate surface area is 148 Å². The van der Waals surface area contributed by atoms with Crippen molar-refractivity contribution in [1.82, 2.24) is 4.90 Å². The minimum Gasteiger partial charge on any atom is -0.341 e. The van der Waals surface area contributed by atoms with E-state index in [0.29, 0.717) is 6.54 Å². The predicted octanol–water partition coefficient (Wildman–Crippen LogP) is 3.84. The molecule has 0 bridgehead atoms. The summed E-state index contributed by atoms with van der Waals surface area (Å²) in [5.41, 5.74) is 1.54. The molecule has 1 atom stereocenters. The van der Waals surface area contributed by atoms with Gasteiger partial charge in [0.25, 0.3) is 0 Å². The van der Waals surface area contributed by atoms with Crippen LogP contribution in [0.4, 0.5) is 0 Å². The van der Waals surface area contributed by atoms with Gasteiger partial charge >= 0.3 is 0 Å². The first-order valence-corrected chi connectivity index (χ1v) is 9.15. The average molecular weight is 333 g/mol. The number of carbonyl (C=O) groups excluding carboxylic acids is 2. The summed E-state index contributed by atoms with van der Waals surface area (Å²) in [6.07, 6.45) is 3.61. The Morgan fingerprint density at radius 3 is 2.20 bits per heavy atom. The Kier molecular flexibility index (Phi) is 4.16. The molecule has 0 unspecified atom stereocenters. The maximum absolute atomic E-state index is 13.2. The van der Waals surface area contributed by atoms with Crippen molar-refractivity contribution in [2.75, 3.05) is 13.1 Å². The van der Waals surface area contributed by atoms with Crippen LogP contribution < -0.4 is 0 Å². The van der Waals surface area contributed by atoms with Gasteiger partial charge in [-0.1, -0.05) is 60.7 Å². The van der Waals surface area contributed by atoms with Crippen molar-refractivity contribution in [2.24, 2.45) is 5.92 Å². The van der Waals surface area contributed by atoms with Gasteiger partial charge in [-0.2, -0.15) is 0 Å². The monoisotopic (exact) mass is 333 g/mol. The lowest BCUT2D eigenvalue weighted by atomic mass is 9.88. The first-order valence-electron chi connectivity index (χ1n) is 9.15. The lowest BCUT2D eigenvalue weighted by Gasteiger charge is -2.34. The molecule has 4 rings (SSSR count). The minimum absolute atomic E-state index is 0.0772. The molecule has 2 aliphatic rings. The highest BCUT2D eigenvalue weighted by atomic mass is 16.2. The van der Waals surface area contributed by atoms with Gasteiger partial charge in [0, 0.05) is 24.6 Å². The molecule has 0 radical (unpaired) electrons. The Hall–Kier alpha value is -2.42. The van der Waals surface area contributed by atoms with E-state index in [1.807, 2.05) is 53.4 Å². The smallest absolute Gasteiger partial charge is 0.233 e. The van der Waals surface area contributed by atoms with E-state index in [-0.39, 0.29) is 23.0 Å². The molecule has 0 spiro atoms. The lowest BCUT2D eigenvalue weighted by molar-refractivity contribution is -0.135. The fraction of sp³-hybridized carbons (Fsp3) is 0.364.